The van der Waals surface area contributed by atoms with Crippen molar-refractivity contribution < 1.29 is 9.90 Å². The highest BCUT2D eigenvalue weighted by Crippen LogP contribution is 2.22. The number of carboxylic acids is 1. The van der Waals surface area contributed by atoms with Crippen molar-refractivity contribution in [3.05, 3.63) is 22.4 Å². The maximum Gasteiger partial charge on any atom is 0.304 e. The van der Waals surface area contributed by atoms with E-state index in [0.717, 1.165) is 19.5 Å². The Kier molecular flexibility index (Phi) is 4.78. The van der Waals surface area contributed by atoms with Crippen molar-refractivity contribution in [1.82, 2.24) is 4.90 Å². The van der Waals surface area contributed by atoms with Gasteiger partial charge in [-0.2, -0.15) is 0 Å². The van der Waals surface area contributed by atoms with Crippen LogP contribution in [-0.4, -0.2) is 35.1 Å². The minimum Gasteiger partial charge on any atom is -0.481 e. The molecule has 4 heteroatoms. The van der Waals surface area contributed by atoms with Gasteiger partial charge < -0.3 is 5.11 Å². The van der Waals surface area contributed by atoms with E-state index < -0.39 is 5.97 Å². The van der Waals surface area contributed by atoms with Crippen LogP contribution in [-0.2, 0) is 11.2 Å². The number of carbonyl (C=O) groups is 1. The molecule has 2 heterocycles. The summed E-state index contributed by atoms with van der Waals surface area (Å²) in [5, 5.41) is 11.1. The van der Waals surface area contributed by atoms with Gasteiger partial charge in [0.1, 0.15) is 0 Å². The van der Waals surface area contributed by atoms with Crippen LogP contribution in [0.1, 0.15) is 31.1 Å². The van der Waals surface area contributed by atoms with Crippen LogP contribution >= 0.6 is 11.3 Å². The first-order valence-electron chi connectivity index (χ1n) is 6.63. The maximum absolute atomic E-state index is 11.0. The topological polar surface area (TPSA) is 40.5 Å². The van der Waals surface area contributed by atoms with Gasteiger partial charge in [-0.3, -0.25) is 9.69 Å². The van der Waals surface area contributed by atoms with Crippen molar-refractivity contribution in [2.75, 3.05) is 13.1 Å². The van der Waals surface area contributed by atoms with E-state index in [1.165, 1.54) is 17.7 Å². The summed E-state index contributed by atoms with van der Waals surface area (Å²) in [7, 11) is 0. The van der Waals surface area contributed by atoms with Crippen molar-refractivity contribution in [3.8, 4) is 0 Å². The number of hydrogen-bond donors (Lipinski definition) is 1. The van der Waals surface area contributed by atoms with Crippen LogP contribution in [0.2, 0.25) is 0 Å². The molecule has 0 aromatic carbocycles. The average molecular weight is 267 g/mol. The van der Waals surface area contributed by atoms with E-state index in [2.05, 4.69) is 23.3 Å². The third-order valence-electron chi connectivity index (χ3n) is 3.63. The molecular weight excluding hydrogens is 246 g/mol. The molecule has 0 radical (unpaired) electrons. The number of likely N-dealkylation sites (tertiary alicyclic amines) is 1. The fraction of sp³-hybridized carbons (Fsp3) is 0.643. The van der Waals surface area contributed by atoms with Crippen molar-refractivity contribution in [1.29, 1.82) is 0 Å². The Balaban J connectivity index is 2.01. The Morgan fingerprint density at radius 3 is 3.11 bits per heavy atom. The Morgan fingerprint density at radius 2 is 2.50 bits per heavy atom. The normalized spacial score (nSPS) is 22.8. The van der Waals surface area contributed by atoms with Gasteiger partial charge in [-0.15, -0.1) is 11.3 Å². The van der Waals surface area contributed by atoms with Crippen LogP contribution in [0.4, 0.5) is 0 Å². The van der Waals surface area contributed by atoms with Crippen molar-refractivity contribution >= 4 is 17.3 Å². The van der Waals surface area contributed by atoms with E-state index in [0.29, 0.717) is 5.92 Å². The summed E-state index contributed by atoms with van der Waals surface area (Å²) in [4.78, 5) is 14.7. The molecule has 0 bridgehead atoms. The quantitative estimate of drug-likeness (QED) is 0.892. The SMILES string of the molecule is CC1CCCN(C(CC(=O)O)Cc2cccs2)C1. The van der Waals surface area contributed by atoms with E-state index in [-0.39, 0.29) is 12.5 Å². The molecule has 100 valence electrons. The number of hydrogen-bond acceptors (Lipinski definition) is 3. The highest BCUT2D eigenvalue weighted by Gasteiger charge is 2.26. The lowest BCUT2D eigenvalue weighted by Gasteiger charge is -2.36. The van der Waals surface area contributed by atoms with Crippen molar-refractivity contribution in [2.45, 2.75) is 38.6 Å². The van der Waals surface area contributed by atoms with E-state index in [4.69, 9.17) is 5.11 Å². The summed E-state index contributed by atoms with van der Waals surface area (Å²) in [6.45, 7) is 4.35. The smallest absolute Gasteiger partial charge is 0.304 e. The Bertz CT molecular complexity index is 377. The third kappa shape index (κ3) is 3.82. The molecule has 1 N–H and O–H groups in total. The van der Waals surface area contributed by atoms with E-state index in [1.54, 1.807) is 11.3 Å². The molecule has 1 aliphatic rings. The molecule has 3 nitrogen and oxygen atoms in total. The number of nitrogens with zero attached hydrogens (tertiary/aromatic N) is 1. The molecule has 1 saturated heterocycles. The van der Waals surface area contributed by atoms with E-state index in [1.807, 2.05) is 6.07 Å². The summed E-state index contributed by atoms with van der Waals surface area (Å²) >= 11 is 1.72. The molecule has 2 rings (SSSR count). The summed E-state index contributed by atoms with van der Waals surface area (Å²) in [5.74, 6) is 0.00756. The van der Waals surface area contributed by atoms with Crippen molar-refractivity contribution in [3.63, 3.8) is 0 Å². The molecule has 2 atom stereocenters. The summed E-state index contributed by atoms with van der Waals surface area (Å²) < 4.78 is 0. The second-order valence-corrected chi connectivity index (χ2v) is 6.31. The second kappa shape index (κ2) is 6.34. The molecule has 1 aromatic rings. The Hall–Kier alpha value is -0.870. The minimum atomic E-state index is -0.685. The highest BCUT2D eigenvalue weighted by atomic mass is 32.1. The molecule has 0 saturated carbocycles. The number of thiophene rings is 1. The van der Waals surface area contributed by atoms with Crippen LogP contribution in [0.3, 0.4) is 0 Å². The molecule has 1 fully saturated rings. The average Bonchev–Trinajstić information content (AvgIpc) is 2.80. The van der Waals surface area contributed by atoms with Gasteiger partial charge in [-0.1, -0.05) is 13.0 Å². The van der Waals surface area contributed by atoms with Crippen molar-refractivity contribution in [2.24, 2.45) is 5.92 Å². The highest BCUT2D eigenvalue weighted by molar-refractivity contribution is 7.09. The molecule has 0 aliphatic carbocycles. The molecule has 0 amide bonds. The van der Waals surface area contributed by atoms with Gasteiger partial charge in [0.2, 0.25) is 0 Å². The number of aliphatic carboxylic acids is 1. The van der Waals surface area contributed by atoms with E-state index in [9.17, 15) is 4.79 Å². The third-order valence-corrected chi connectivity index (χ3v) is 4.53. The molecular formula is C14H21NO2S. The van der Waals surface area contributed by atoms with Crippen LogP contribution in [0, 0.1) is 5.92 Å². The zero-order valence-corrected chi connectivity index (χ0v) is 11.7. The van der Waals surface area contributed by atoms with E-state index >= 15 is 0 Å². The van der Waals surface area contributed by atoms with Gasteiger partial charge >= 0.3 is 5.97 Å². The first-order chi connectivity index (χ1) is 8.65. The van der Waals surface area contributed by atoms with Gasteiger partial charge in [0, 0.05) is 17.5 Å². The maximum atomic E-state index is 11.0. The second-order valence-electron chi connectivity index (χ2n) is 5.28. The fourth-order valence-corrected chi connectivity index (χ4v) is 3.53. The predicted octanol–water partition coefficient (Wildman–Crippen LogP) is 2.87. The Labute approximate surface area is 112 Å². The Morgan fingerprint density at radius 1 is 1.67 bits per heavy atom. The first kappa shape index (κ1) is 13.6. The molecule has 2 unspecified atom stereocenters. The zero-order valence-electron chi connectivity index (χ0n) is 10.8. The predicted molar refractivity (Wildman–Crippen MR) is 74.0 cm³/mol. The molecule has 0 spiro atoms. The fourth-order valence-electron chi connectivity index (χ4n) is 2.75. The summed E-state index contributed by atoms with van der Waals surface area (Å²) in [5.41, 5.74) is 0. The van der Waals surface area contributed by atoms with Crippen LogP contribution in [0.15, 0.2) is 17.5 Å². The van der Waals surface area contributed by atoms with Gasteiger partial charge in [0.25, 0.3) is 0 Å². The van der Waals surface area contributed by atoms with Crippen LogP contribution in [0.25, 0.3) is 0 Å². The largest absolute Gasteiger partial charge is 0.481 e. The van der Waals surface area contributed by atoms with Gasteiger partial charge in [-0.05, 0) is 43.2 Å². The van der Waals surface area contributed by atoms with Crippen LogP contribution in [0.5, 0.6) is 0 Å². The van der Waals surface area contributed by atoms with Gasteiger partial charge in [-0.25, -0.2) is 0 Å². The first-order valence-corrected chi connectivity index (χ1v) is 7.51. The standard InChI is InChI=1S/C14H21NO2S/c1-11-4-2-6-15(10-11)12(9-14(16)17)8-13-5-3-7-18-13/h3,5,7,11-12H,2,4,6,8-10H2,1H3,(H,16,17). The summed E-state index contributed by atoms with van der Waals surface area (Å²) in [6, 6.07) is 4.30. The monoisotopic (exact) mass is 267 g/mol. The lowest BCUT2D eigenvalue weighted by Crippen LogP contribution is -2.44. The number of carboxylic acid groups (broad SMARTS) is 1. The van der Waals surface area contributed by atoms with Gasteiger partial charge in [0.05, 0.1) is 6.42 Å². The summed E-state index contributed by atoms with van der Waals surface area (Å²) in [6.07, 6.45) is 3.60. The molecule has 1 aliphatic heterocycles. The minimum absolute atomic E-state index is 0.156. The zero-order chi connectivity index (χ0) is 13.0. The molecule has 18 heavy (non-hydrogen) atoms. The lowest BCUT2D eigenvalue weighted by atomic mass is 9.96. The number of rotatable bonds is 5. The van der Waals surface area contributed by atoms with Crippen LogP contribution < -0.4 is 0 Å². The molecule has 1 aromatic heterocycles. The number of piperidine rings is 1. The lowest BCUT2D eigenvalue weighted by molar-refractivity contribution is -0.138. The van der Waals surface area contributed by atoms with Gasteiger partial charge in [0.15, 0.2) is 0 Å².